The Labute approximate surface area is 101 Å². The Hall–Kier alpha value is -0.200. The van der Waals surface area contributed by atoms with Crippen molar-refractivity contribution in [2.75, 3.05) is 18.6 Å². The van der Waals surface area contributed by atoms with Crippen LogP contribution in [0, 0.1) is 6.92 Å². The highest BCUT2D eigenvalue weighted by Gasteiger charge is 2.09. The Kier molecular flexibility index (Phi) is 4.95. The van der Waals surface area contributed by atoms with Crippen LogP contribution in [0.5, 0.6) is 0 Å². The van der Waals surface area contributed by atoms with Gasteiger partial charge in [-0.25, -0.2) is 0 Å². The largest absolute Gasteiger partial charge is 0.310 e. The molecule has 1 rings (SSSR count). The first-order valence-electron chi connectivity index (χ1n) is 4.71. The molecule has 0 saturated carbocycles. The van der Waals surface area contributed by atoms with Gasteiger partial charge in [0.05, 0.1) is 15.9 Å². The van der Waals surface area contributed by atoms with E-state index in [-0.39, 0.29) is 0 Å². The summed E-state index contributed by atoms with van der Waals surface area (Å²) >= 11 is 3.50. The molecule has 1 N–H and O–H groups in total. The van der Waals surface area contributed by atoms with Gasteiger partial charge in [0, 0.05) is 42.9 Å². The van der Waals surface area contributed by atoms with E-state index >= 15 is 0 Å². The van der Waals surface area contributed by atoms with Crippen LogP contribution < -0.4 is 5.32 Å². The molecule has 0 aliphatic carbocycles. The van der Waals surface area contributed by atoms with Gasteiger partial charge in [0.15, 0.2) is 0 Å². The monoisotopic (exact) mass is 293 g/mol. The van der Waals surface area contributed by atoms with Crippen molar-refractivity contribution in [3.63, 3.8) is 0 Å². The topological polar surface area (TPSA) is 46.9 Å². The van der Waals surface area contributed by atoms with E-state index in [2.05, 4.69) is 26.3 Å². The minimum absolute atomic E-state index is 0.689. The second kappa shape index (κ2) is 5.77. The molecule has 0 aliphatic rings. The van der Waals surface area contributed by atoms with Crippen molar-refractivity contribution < 1.29 is 4.21 Å². The molecule has 86 valence electrons. The summed E-state index contributed by atoms with van der Waals surface area (Å²) in [6.07, 6.45) is 1.71. The SMILES string of the molecule is Cc1nn(C)c(CNCCS(C)=O)c1Br. The molecule has 4 nitrogen and oxygen atoms in total. The van der Waals surface area contributed by atoms with Gasteiger partial charge in [0.1, 0.15) is 0 Å². The summed E-state index contributed by atoms with van der Waals surface area (Å²) in [6.45, 7) is 3.48. The molecule has 0 fully saturated rings. The fourth-order valence-corrected chi connectivity index (χ4v) is 2.20. The van der Waals surface area contributed by atoms with Crippen molar-refractivity contribution in [1.29, 1.82) is 0 Å². The van der Waals surface area contributed by atoms with E-state index in [1.807, 2.05) is 18.7 Å². The number of halogens is 1. The van der Waals surface area contributed by atoms with Crippen molar-refractivity contribution in [1.82, 2.24) is 15.1 Å². The number of rotatable bonds is 5. The summed E-state index contributed by atoms with van der Waals surface area (Å²) in [5.41, 5.74) is 2.11. The first-order valence-corrected chi connectivity index (χ1v) is 7.23. The Morgan fingerprint density at radius 2 is 2.27 bits per heavy atom. The molecular weight excluding hydrogens is 278 g/mol. The van der Waals surface area contributed by atoms with E-state index in [0.717, 1.165) is 29.0 Å². The lowest BCUT2D eigenvalue weighted by Gasteiger charge is -2.04. The van der Waals surface area contributed by atoms with Crippen LogP contribution in [-0.4, -0.2) is 32.5 Å². The van der Waals surface area contributed by atoms with Gasteiger partial charge in [-0.15, -0.1) is 0 Å². The van der Waals surface area contributed by atoms with Crippen LogP contribution in [-0.2, 0) is 24.4 Å². The normalized spacial score (nSPS) is 13.1. The standard InChI is InChI=1S/C9H16BrN3OS/c1-7-9(10)8(13(2)12-7)6-11-4-5-15(3)14/h11H,4-6H2,1-3H3. The summed E-state index contributed by atoms with van der Waals surface area (Å²) in [4.78, 5) is 0. The summed E-state index contributed by atoms with van der Waals surface area (Å²) in [7, 11) is 1.20. The molecule has 0 spiro atoms. The van der Waals surface area contributed by atoms with E-state index < -0.39 is 10.8 Å². The molecule has 15 heavy (non-hydrogen) atoms. The molecular formula is C9H16BrN3OS. The van der Waals surface area contributed by atoms with Crippen molar-refractivity contribution in [2.24, 2.45) is 7.05 Å². The number of nitrogens with zero attached hydrogens (tertiary/aromatic N) is 2. The molecule has 0 aromatic carbocycles. The van der Waals surface area contributed by atoms with Gasteiger partial charge in [0.25, 0.3) is 0 Å². The third-order valence-electron chi connectivity index (χ3n) is 2.12. The predicted octanol–water partition coefficient (Wildman–Crippen LogP) is 0.959. The zero-order valence-electron chi connectivity index (χ0n) is 9.21. The Morgan fingerprint density at radius 1 is 1.60 bits per heavy atom. The van der Waals surface area contributed by atoms with Gasteiger partial charge >= 0.3 is 0 Å². The number of aryl methyl sites for hydroxylation is 2. The Bertz CT molecular complexity index is 364. The maximum atomic E-state index is 10.8. The lowest BCUT2D eigenvalue weighted by molar-refractivity contribution is 0.636. The zero-order chi connectivity index (χ0) is 11.4. The summed E-state index contributed by atoms with van der Waals surface area (Å²) < 4.78 is 13.7. The van der Waals surface area contributed by atoms with Crippen LogP contribution in [0.15, 0.2) is 4.47 Å². The molecule has 6 heteroatoms. The predicted molar refractivity (Wildman–Crippen MR) is 66.3 cm³/mol. The van der Waals surface area contributed by atoms with Crippen LogP contribution in [0.25, 0.3) is 0 Å². The number of hydrogen-bond donors (Lipinski definition) is 1. The van der Waals surface area contributed by atoms with Crippen LogP contribution in [0.3, 0.4) is 0 Å². The highest BCUT2D eigenvalue weighted by Crippen LogP contribution is 2.19. The van der Waals surface area contributed by atoms with Gasteiger partial charge in [0.2, 0.25) is 0 Å². The van der Waals surface area contributed by atoms with Gasteiger partial charge in [-0.05, 0) is 22.9 Å². The number of aromatic nitrogens is 2. The molecule has 1 heterocycles. The van der Waals surface area contributed by atoms with Crippen molar-refractivity contribution >= 4 is 26.7 Å². The van der Waals surface area contributed by atoms with E-state index in [0.29, 0.717) is 5.75 Å². The third-order valence-corrected chi connectivity index (χ3v) is 3.93. The molecule has 1 aromatic heterocycles. The Balaban J connectivity index is 2.47. The quantitative estimate of drug-likeness (QED) is 0.823. The van der Waals surface area contributed by atoms with E-state index in [1.54, 1.807) is 6.26 Å². The van der Waals surface area contributed by atoms with Crippen molar-refractivity contribution in [3.8, 4) is 0 Å². The fourth-order valence-electron chi connectivity index (χ4n) is 1.29. The van der Waals surface area contributed by atoms with Crippen molar-refractivity contribution in [2.45, 2.75) is 13.5 Å². The van der Waals surface area contributed by atoms with Crippen LogP contribution in [0.1, 0.15) is 11.4 Å². The molecule has 0 radical (unpaired) electrons. The Morgan fingerprint density at radius 3 is 2.73 bits per heavy atom. The maximum absolute atomic E-state index is 10.8. The smallest absolute Gasteiger partial charge is 0.0739 e. The van der Waals surface area contributed by atoms with Gasteiger partial charge in [-0.2, -0.15) is 5.10 Å². The second-order valence-corrected chi connectivity index (χ2v) is 5.77. The maximum Gasteiger partial charge on any atom is 0.0739 e. The van der Waals surface area contributed by atoms with Crippen LogP contribution in [0.4, 0.5) is 0 Å². The summed E-state index contributed by atoms with van der Waals surface area (Å²) in [5, 5.41) is 7.54. The fraction of sp³-hybridized carbons (Fsp3) is 0.667. The van der Waals surface area contributed by atoms with E-state index in [4.69, 9.17) is 0 Å². The second-order valence-electron chi connectivity index (χ2n) is 3.42. The average Bonchev–Trinajstić information content (AvgIpc) is 2.37. The number of nitrogens with one attached hydrogen (secondary N) is 1. The molecule has 0 bridgehead atoms. The molecule has 1 atom stereocenters. The average molecular weight is 294 g/mol. The molecule has 1 aromatic rings. The number of hydrogen-bond acceptors (Lipinski definition) is 3. The van der Waals surface area contributed by atoms with Gasteiger partial charge < -0.3 is 5.32 Å². The first-order chi connectivity index (χ1) is 7.02. The van der Waals surface area contributed by atoms with Crippen LogP contribution >= 0.6 is 15.9 Å². The van der Waals surface area contributed by atoms with Gasteiger partial charge in [-0.1, -0.05) is 0 Å². The van der Waals surface area contributed by atoms with Crippen LogP contribution in [0.2, 0.25) is 0 Å². The lowest BCUT2D eigenvalue weighted by Crippen LogP contribution is -2.21. The lowest BCUT2D eigenvalue weighted by atomic mass is 10.3. The highest BCUT2D eigenvalue weighted by molar-refractivity contribution is 9.10. The molecule has 0 amide bonds. The molecule has 0 saturated heterocycles. The highest BCUT2D eigenvalue weighted by atomic mass is 79.9. The molecule has 0 aliphatic heterocycles. The summed E-state index contributed by atoms with van der Waals surface area (Å²) in [6, 6.07) is 0. The summed E-state index contributed by atoms with van der Waals surface area (Å²) in [5.74, 6) is 0.689. The third kappa shape index (κ3) is 3.70. The first kappa shape index (κ1) is 12.9. The minimum Gasteiger partial charge on any atom is -0.310 e. The van der Waals surface area contributed by atoms with E-state index in [1.165, 1.54) is 0 Å². The molecule has 1 unspecified atom stereocenters. The van der Waals surface area contributed by atoms with Gasteiger partial charge in [-0.3, -0.25) is 8.89 Å². The minimum atomic E-state index is -0.726. The zero-order valence-corrected chi connectivity index (χ0v) is 11.6. The van der Waals surface area contributed by atoms with Crippen molar-refractivity contribution in [3.05, 3.63) is 15.9 Å². The van der Waals surface area contributed by atoms with E-state index in [9.17, 15) is 4.21 Å².